The van der Waals surface area contributed by atoms with Crippen LogP contribution in [0.15, 0.2) is 0 Å². The van der Waals surface area contributed by atoms with Gasteiger partial charge in [0.05, 0.1) is 0 Å². The van der Waals surface area contributed by atoms with Crippen LogP contribution in [0.4, 0.5) is 0 Å². The molecule has 12 heavy (non-hydrogen) atoms. The smallest absolute Gasteiger partial charge is 0.326 e. The average Bonchev–Trinajstić information content (AvgIpc) is 2.02. The summed E-state index contributed by atoms with van der Waals surface area (Å²) in [5, 5.41) is 8.56. The van der Waals surface area contributed by atoms with E-state index >= 15 is 0 Å². The molecule has 0 aromatic carbocycles. The quantitative estimate of drug-likeness (QED) is 0.626. The van der Waals surface area contributed by atoms with Crippen molar-refractivity contribution in [2.45, 2.75) is 19.4 Å². The molecule has 0 saturated heterocycles. The highest BCUT2D eigenvalue weighted by Gasteiger charge is 2.20. The van der Waals surface area contributed by atoms with Gasteiger partial charge in [0.25, 0.3) is 0 Å². The Morgan fingerprint density at radius 2 is 2.08 bits per heavy atom. The van der Waals surface area contributed by atoms with Gasteiger partial charge < -0.3 is 10.0 Å². The van der Waals surface area contributed by atoms with E-state index in [0.29, 0.717) is 5.75 Å². The second-order valence-corrected chi connectivity index (χ2v) is 2.94. The summed E-state index contributed by atoms with van der Waals surface area (Å²) in [4.78, 5) is 22.7. The molecular formula is C7H13NO3S. The third kappa shape index (κ3) is 3.13. The highest BCUT2D eigenvalue weighted by Crippen LogP contribution is 1.99. The normalized spacial score (nSPS) is 12.2. The molecule has 0 rings (SSSR count). The summed E-state index contributed by atoms with van der Waals surface area (Å²) in [6.45, 7) is 1.47. The minimum Gasteiger partial charge on any atom is -0.480 e. The van der Waals surface area contributed by atoms with Gasteiger partial charge in [-0.05, 0) is 12.7 Å². The number of aliphatic carboxylic acids is 1. The molecular weight excluding hydrogens is 178 g/mol. The molecule has 4 nitrogen and oxygen atoms in total. The topological polar surface area (TPSA) is 57.6 Å². The zero-order valence-electron chi connectivity index (χ0n) is 7.15. The number of rotatable bonds is 4. The van der Waals surface area contributed by atoms with E-state index in [1.54, 1.807) is 0 Å². The van der Waals surface area contributed by atoms with Gasteiger partial charge in [0.1, 0.15) is 6.04 Å². The number of carbonyl (C=O) groups is 2. The Morgan fingerprint density at radius 1 is 1.58 bits per heavy atom. The number of hydrogen-bond donors (Lipinski definition) is 2. The second kappa shape index (κ2) is 5.03. The van der Waals surface area contributed by atoms with Crippen LogP contribution < -0.4 is 0 Å². The Labute approximate surface area is 77.0 Å². The average molecular weight is 191 g/mol. The molecule has 0 radical (unpaired) electrons. The first-order chi connectivity index (χ1) is 5.50. The van der Waals surface area contributed by atoms with Crippen LogP contribution in [0.3, 0.4) is 0 Å². The summed E-state index contributed by atoms with van der Waals surface area (Å²) in [5.74, 6) is -0.750. The van der Waals surface area contributed by atoms with Crippen molar-refractivity contribution in [2.75, 3.05) is 12.8 Å². The predicted octanol–water partition coefficient (Wildman–Crippen LogP) is 0.238. The maximum Gasteiger partial charge on any atom is 0.326 e. The molecule has 0 fully saturated rings. The Balaban J connectivity index is 4.09. The summed E-state index contributed by atoms with van der Waals surface area (Å²) in [7, 11) is 1.48. The molecule has 0 spiro atoms. The molecule has 0 bridgehead atoms. The predicted molar refractivity (Wildman–Crippen MR) is 48.3 cm³/mol. The molecule has 1 atom stereocenters. The number of carboxylic acids is 1. The summed E-state index contributed by atoms with van der Waals surface area (Å²) in [6.07, 6.45) is 0.275. The van der Waals surface area contributed by atoms with Crippen LogP contribution in [0.5, 0.6) is 0 Å². The van der Waals surface area contributed by atoms with Crippen molar-refractivity contribution in [2.24, 2.45) is 0 Å². The van der Waals surface area contributed by atoms with Crippen molar-refractivity contribution in [3.8, 4) is 0 Å². The van der Waals surface area contributed by atoms with Crippen molar-refractivity contribution in [3.63, 3.8) is 0 Å². The molecule has 0 saturated carbocycles. The van der Waals surface area contributed by atoms with E-state index in [1.807, 2.05) is 0 Å². The number of amides is 1. The molecule has 0 heterocycles. The summed E-state index contributed by atoms with van der Waals surface area (Å²) >= 11 is 3.88. The highest BCUT2D eigenvalue weighted by atomic mass is 32.1. The van der Waals surface area contributed by atoms with Crippen LogP contribution >= 0.6 is 12.6 Å². The van der Waals surface area contributed by atoms with E-state index in [2.05, 4.69) is 12.6 Å². The SMILES string of the molecule is CC(C(=O)O)N(C)C(=O)CCS. The Kier molecular flexibility index (Phi) is 4.73. The minimum atomic E-state index is -0.995. The maximum absolute atomic E-state index is 11.1. The highest BCUT2D eigenvalue weighted by molar-refractivity contribution is 7.80. The fourth-order valence-electron chi connectivity index (χ4n) is 0.654. The summed E-state index contributed by atoms with van der Waals surface area (Å²) in [5.41, 5.74) is 0. The van der Waals surface area contributed by atoms with E-state index in [9.17, 15) is 9.59 Å². The van der Waals surface area contributed by atoms with Crippen molar-refractivity contribution in [3.05, 3.63) is 0 Å². The number of carbonyl (C=O) groups excluding carboxylic acids is 1. The lowest BCUT2D eigenvalue weighted by Gasteiger charge is -2.20. The molecule has 0 aromatic heterocycles. The molecule has 1 N–H and O–H groups in total. The van der Waals surface area contributed by atoms with Gasteiger partial charge in [0.2, 0.25) is 5.91 Å². The van der Waals surface area contributed by atoms with Crippen LogP contribution in [0.25, 0.3) is 0 Å². The first kappa shape index (κ1) is 11.3. The molecule has 0 aromatic rings. The second-order valence-electron chi connectivity index (χ2n) is 2.49. The Hall–Kier alpha value is -0.710. The molecule has 5 heteroatoms. The van der Waals surface area contributed by atoms with Crippen molar-refractivity contribution < 1.29 is 14.7 Å². The largest absolute Gasteiger partial charge is 0.480 e. The Bertz CT molecular complexity index is 183. The van der Waals surface area contributed by atoms with Gasteiger partial charge in [-0.3, -0.25) is 4.79 Å². The zero-order valence-corrected chi connectivity index (χ0v) is 8.04. The lowest BCUT2D eigenvalue weighted by atomic mass is 10.3. The fraction of sp³-hybridized carbons (Fsp3) is 0.714. The summed E-state index contributed by atoms with van der Waals surface area (Å²) < 4.78 is 0. The van der Waals surface area contributed by atoms with Gasteiger partial charge in [-0.25, -0.2) is 4.79 Å². The molecule has 0 aliphatic carbocycles. The summed E-state index contributed by atoms with van der Waals surface area (Å²) in [6, 6.07) is -0.766. The van der Waals surface area contributed by atoms with Gasteiger partial charge in [0, 0.05) is 13.5 Å². The van der Waals surface area contributed by atoms with Crippen LogP contribution in [-0.4, -0.2) is 40.7 Å². The lowest BCUT2D eigenvalue weighted by Crippen LogP contribution is -2.40. The van der Waals surface area contributed by atoms with Crippen molar-refractivity contribution in [1.29, 1.82) is 0 Å². The fourth-order valence-corrected chi connectivity index (χ4v) is 0.845. The van der Waals surface area contributed by atoms with E-state index in [1.165, 1.54) is 18.9 Å². The molecule has 1 amide bonds. The number of nitrogens with zero attached hydrogens (tertiary/aromatic N) is 1. The number of thiol groups is 1. The number of carboxylic acid groups (broad SMARTS) is 1. The van der Waals surface area contributed by atoms with E-state index in [4.69, 9.17) is 5.11 Å². The van der Waals surface area contributed by atoms with Gasteiger partial charge in [-0.1, -0.05) is 0 Å². The third-order valence-electron chi connectivity index (χ3n) is 1.66. The first-order valence-electron chi connectivity index (χ1n) is 3.60. The van der Waals surface area contributed by atoms with Crippen LogP contribution in [0.2, 0.25) is 0 Å². The van der Waals surface area contributed by atoms with Crippen LogP contribution in [0.1, 0.15) is 13.3 Å². The Morgan fingerprint density at radius 3 is 2.42 bits per heavy atom. The monoisotopic (exact) mass is 191 g/mol. The zero-order chi connectivity index (χ0) is 9.72. The number of hydrogen-bond acceptors (Lipinski definition) is 3. The first-order valence-corrected chi connectivity index (χ1v) is 4.23. The molecule has 1 unspecified atom stereocenters. The molecule has 70 valence electrons. The van der Waals surface area contributed by atoms with Crippen LogP contribution in [0, 0.1) is 0 Å². The maximum atomic E-state index is 11.1. The van der Waals surface area contributed by atoms with Gasteiger partial charge in [-0.15, -0.1) is 0 Å². The van der Waals surface area contributed by atoms with Crippen LogP contribution in [-0.2, 0) is 9.59 Å². The van der Waals surface area contributed by atoms with Crippen molar-refractivity contribution in [1.82, 2.24) is 4.90 Å². The standard InChI is InChI=1S/C7H13NO3S/c1-5(7(10)11)8(2)6(9)3-4-12/h5,12H,3-4H2,1-2H3,(H,10,11). The molecule has 0 aliphatic rings. The lowest BCUT2D eigenvalue weighted by molar-refractivity contribution is -0.148. The van der Waals surface area contributed by atoms with Gasteiger partial charge in [0.15, 0.2) is 0 Å². The van der Waals surface area contributed by atoms with E-state index in [0.717, 1.165) is 0 Å². The van der Waals surface area contributed by atoms with E-state index in [-0.39, 0.29) is 12.3 Å². The number of likely N-dealkylation sites (N-methyl/N-ethyl adjacent to an activating group) is 1. The van der Waals surface area contributed by atoms with Gasteiger partial charge in [-0.2, -0.15) is 12.6 Å². The molecule has 0 aliphatic heterocycles. The van der Waals surface area contributed by atoms with E-state index < -0.39 is 12.0 Å². The minimum absolute atomic E-state index is 0.195. The third-order valence-corrected chi connectivity index (χ3v) is 1.88. The van der Waals surface area contributed by atoms with Gasteiger partial charge >= 0.3 is 5.97 Å². The van der Waals surface area contributed by atoms with Crippen molar-refractivity contribution >= 4 is 24.5 Å².